The highest BCUT2D eigenvalue weighted by Crippen LogP contribution is 2.22. The molecular weight excluding hydrogens is 308 g/mol. The van der Waals surface area contributed by atoms with E-state index in [2.05, 4.69) is 20.8 Å². The Kier molecular flexibility index (Phi) is 5.78. The van der Waals surface area contributed by atoms with Crippen molar-refractivity contribution in [2.45, 2.75) is 12.8 Å². The molecule has 21 heavy (non-hydrogen) atoms. The largest absolute Gasteiger partial charge is 0.350 e. The standard InChI is InChI=1S/C14H18N4OS.ClH/c19-14(16-9-10-3-1-5-15-8-10)12-7-11(17-18-12)13-4-2-6-20-13;/h2,4,6-7,10,15H,1,3,5,8-9H2,(H,16,19)(H,17,18);1H. The van der Waals surface area contributed by atoms with Gasteiger partial charge in [-0.3, -0.25) is 9.89 Å². The predicted molar refractivity (Wildman–Crippen MR) is 87.1 cm³/mol. The van der Waals surface area contributed by atoms with E-state index in [1.54, 1.807) is 17.4 Å². The third-order valence-corrected chi connectivity index (χ3v) is 4.45. The quantitative estimate of drug-likeness (QED) is 0.807. The molecule has 1 atom stereocenters. The van der Waals surface area contributed by atoms with Crippen LogP contribution in [0, 0.1) is 5.92 Å². The van der Waals surface area contributed by atoms with Crippen LogP contribution in [0.2, 0.25) is 0 Å². The molecule has 3 heterocycles. The van der Waals surface area contributed by atoms with Crippen molar-refractivity contribution in [2.24, 2.45) is 5.92 Å². The van der Waals surface area contributed by atoms with Gasteiger partial charge in [-0.2, -0.15) is 5.10 Å². The molecule has 3 rings (SSSR count). The number of H-pyrrole nitrogens is 1. The van der Waals surface area contributed by atoms with E-state index < -0.39 is 0 Å². The second-order valence-corrected chi connectivity index (χ2v) is 6.01. The summed E-state index contributed by atoms with van der Waals surface area (Å²) in [7, 11) is 0. The monoisotopic (exact) mass is 326 g/mol. The van der Waals surface area contributed by atoms with Gasteiger partial charge in [0.15, 0.2) is 5.69 Å². The zero-order valence-electron chi connectivity index (χ0n) is 11.6. The fraction of sp³-hybridized carbons (Fsp3) is 0.429. The summed E-state index contributed by atoms with van der Waals surface area (Å²) < 4.78 is 0. The van der Waals surface area contributed by atoms with E-state index in [4.69, 9.17) is 0 Å². The fourth-order valence-corrected chi connectivity index (χ4v) is 3.11. The Morgan fingerprint density at radius 2 is 2.43 bits per heavy atom. The molecule has 3 N–H and O–H groups in total. The Balaban J connectivity index is 0.00000161. The molecule has 1 saturated heterocycles. The highest BCUT2D eigenvalue weighted by atomic mass is 35.5. The van der Waals surface area contributed by atoms with E-state index in [0.29, 0.717) is 18.2 Å². The van der Waals surface area contributed by atoms with Gasteiger partial charge in [-0.25, -0.2) is 0 Å². The lowest BCUT2D eigenvalue weighted by Gasteiger charge is -2.22. The van der Waals surface area contributed by atoms with Crippen LogP contribution < -0.4 is 10.6 Å². The van der Waals surface area contributed by atoms with Gasteiger partial charge < -0.3 is 10.6 Å². The van der Waals surface area contributed by atoms with Gasteiger partial charge in [0.2, 0.25) is 0 Å². The molecule has 1 aliphatic rings. The van der Waals surface area contributed by atoms with Crippen molar-refractivity contribution in [3.8, 4) is 10.6 Å². The molecule has 1 amide bonds. The van der Waals surface area contributed by atoms with Crippen molar-refractivity contribution in [1.82, 2.24) is 20.8 Å². The summed E-state index contributed by atoms with van der Waals surface area (Å²) in [5, 5.41) is 15.3. The number of thiophene rings is 1. The number of rotatable bonds is 4. The number of hydrogen-bond acceptors (Lipinski definition) is 4. The number of carbonyl (C=O) groups is 1. The van der Waals surface area contributed by atoms with Crippen molar-refractivity contribution in [1.29, 1.82) is 0 Å². The molecule has 0 aliphatic carbocycles. The number of halogens is 1. The van der Waals surface area contributed by atoms with Gasteiger partial charge in [0.1, 0.15) is 0 Å². The fourth-order valence-electron chi connectivity index (χ4n) is 2.42. The summed E-state index contributed by atoms with van der Waals surface area (Å²) in [4.78, 5) is 13.2. The van der Waals surface area contributed by atoms with Crippen LogP contribution in [-0.2, 0) is 0 Å². The predicted octanol–water partition coefficient (Wildman–Crippen LogP) is 2.29. The first-order valence-electron chi connectivity index (χ1n) is 6.91. The van der Waals surface area contributed by atoms with E-state index in [0.717, 1.165) is 23.7 Å². The molecule has 0 spiro atoms. The molecule has 0 aromatic carbocycles. The average Bonchev–Trinajstić information content (AvgIpc) is 3.16. The van der Waals surface area contributed by atoms with Crippen LogP contribution in [0.15, 0.2) is 23.6 Å². The van der Waals surface area contributed by atoms with E-state index >= 15 is 0 Å². The van der Waals surface area contributed by atoms with Crippen LogP contribution in [0.3, 0.4) is 0 Å². The molecule has 0 bridgehead atoms. The van der Waals surface area contributed by atoms with Crippen LogP contribution in [0.25, 0.3) is 10.6 Å². The maximum Gasteiger partial charge on any atom is 0.271 e. The van der Waals surface area contributed by atoms with Crippen LogP contribution in [0.1, 0.15) is 23.3 Å². The Morgan fingerprint density at radius 3 is 3.14 bits per heavy atom. The Bertz CT molecular complexity index is 563. The summed E-state index contributed by atoms with van der Waals surface area (Å²) in [6, 6.07) is 5.80. The summed E-state index contributed by atoms with van der Waals surface area (Å²) >= 11 is 1.63. The molecule has 0 radical (unpaired) electrons. The zero-order valence-corrected chi connectivity index (χ0v) is 13.2. The van der Waals surface area contributed by atoms with Crippen molar-refractivity contribution in [3.05, 3.63) is 29.3 Å². The first kappa shape index (κ1) is 16.0. The molecule has 1 unspecified atom stereocenters. The molecule has 1 fully saturated rings. The second-order valence-electron chi connectivity index (χ2n) is 5.07. The lowest BCUT2D eigenvalue weighted by atomic mass is 10.00. The zero-order chi connectivity index (χ0) is 13.8. The van der Waals surface area contributed by atoms with Crippen LogP contribution >= 0.6 is 23.7 Å². The van der Waals surface area contributed by atoms with Gasteiger partial charge in [-0.1, -0.05) is 6.07 Å². The number of hydrogen-bond donors (Lipinski definition) is 3. The number of carbonyl (C=O) groups excluding carboxylic acids is 1. The lowest BCUT2D eigenvalue weighted by Crippen LogP contribution is -2.38. The molecule has 114 valence electrons. The normalized spacial score (nSPS) is 18.0. The number of amides is 1. The highest BCUT2D eigenvalue weighted by Gasteiger charge is 2.16. The number of nitrogens with zero attached hydrogens (tertiary/aromatic N) is 1. The summed E-state index contributed by atoms with van der Waals surface area (Å²) in [5.74, 6) is 0.429. The number of aromatic nitrogens is 2. The minimum Gasteiger partial charge on any atom is -0.350 e. The summed E-state index contributed by atoms with van der Waals surface area (Å²) in [5.41, 5.74) is 1.35. The first-order valence-corrected chi connectivity index (χ1v) is 7.79. The molecule has 1 aliphatic heterocycles. The lowest BCUT2D eigenvalue weighted by molar-refractivity contribution is 0.0940. The first-order chi connectivity index (χ1) is 9.83. The molecule has 0 saturated carbocycles. The Labute approximate surface area is 133 Å². The topological polar surface area (TPSA) is 69.8 Å². The van der Waals surface area contributed by atoms with Gasteiger partial charge >= 0.3 is 0 Å². The average molecular weight is 327 g/mol. The maximum atomic E-state index is 12.1. The van der Waals surface area contributed by atoms with Gasteiger partial charge in [0, 0.05) is 6.54 Å². The van der Waals surface area contributed by atoms with Crippen LogP contribution in [-0.4, -0.2) is 35.7 Å². The molecule has 2 aromatic heterocycles. The van der Waals surface area contributed by atoms with Gasteiger partial charge in [-0.15, -0.1) is 23.7 Å². The number of piperidine rings is 1. The number of aromatic amines is 1. The third kappa shape index (κ3) is 4.06. The van der Waals surface area contributed by atoms with Crippen molar-refractivity contribution in [2.75, 3.05) is 19.6 Å². The Morgan fingerprint density at radius 1 is 1.52 bits per heavy atom. The van der Waals surface area contributed by atoms with Crippen molar-refractivity contribution in [3.63, 3.8) is 0 Å². The molecule has 5 nitrogen and oxygen atoms in total. The van der Waals surface area contributed by atoms with Crippen LogP contribution in [0.5, 0.6) is 0 Å². The maximum absolute atomic E-state index is 12.1. The SMILES string of the molecule is Cl.O=C(NCC1CCCNC1)c1cc(-c2cccs2)[nH]n1. The van der Waals surface area contributed by atoms with Crippen LogP contribution in [0.4, 0.5) is 0 Å². The van der Waals surface area contributed by atoms with Crippen molar-refractivity contribution < 1.29 is 4.79 Å². The second kappa shape index (κ2) is 7.59. The van der Waals surface area contributed by atoms with E-state index in [9.17, 15) is 4.79 Å². The smallest absolute Gasteiger partial charge is 0.271 e. The van der Waals surface area contributed by atoms with E-state index in [1.807, 2.05) is 17.5 Å². The minimum atomic E-state index is -0.102. The Hall–Kier alpha value is -1.37. The summed E-state index contributed by atoms with van der Waals surface area (Å²) in [6.07, 6.45) is 2.36. The highest BCUT2D eigenvalue weighted by molar-refractivity contribution is 7.13. The summed E-state index contributed by atoms with van der Waals surface area (Å²) in [6.45, 7) is 2.79. The van der Waals surface area contributed by atoms with Gasteiger partial charge in [0.05, 0.1) is 10.6 Å². The van der Waals surface area contributed by atoms with E-state index in [1.165, 1.54) is 12.8 Å². The number of nitrogens with one attached hydrogen (secondary N) is 3. The third-order valence-electron chi connectivity index (χ3n) is 3.55. The minimum absolute atomic E-state index is 0. The molecule has 7 heteroatoms. The molecular formula is C14H19ClN4OS. The van der Waals surface area contributed by atoms with Gasteiger partial charge in [-0.05, 0) is 49.4 Å². The molecule has 2 aromatic rings. The van der Waals surface area contributed by atoms with Crippen molar-refractivity contribution >= 4 is 29.7 Å². The van der Waals surface area contributed by atoms with Gasteiger partial charge in [0.25, 0.3) is 5.91 Å². The van der Waals surface area contributed by atoms with E-state index in [-0.39, 0.29) is 18.3 Å².